The summed E-state index contributed by atoms with van der Waals surface area (Å²) in [5.74, 6) is 0.439. The maximum atomic E-state index is 11.9. The Morgan fingerprint density at radius 3 is 2.65 bits per heavy atom. The van der Waals surface area contributed by atoms with Crippen molar-refractivity contribution in [2.24, 2.45) is 0 Å². The normalized spacial score (nSPS) is 10.3. The first-order valence-corrected chi connectivity index (χ1v) is 9.97. The third kappa shape index (κ3) is 6.52. The van der Waals surface area contributed by atoms with Crippen LogP contribution in [-0.2, 0) is 4.74 Å². The monoisotopic (exact) mass is 408 g/mol. The van der Waals surface area contributed by atoms with Crippen LogP contribution in [0.15, 0.2) is 47.4 Å². The summed E-state index contributed by atoms with van der Waals surface area (Å²) in [6.07, 6.45) is 0. The van der Waals surface area contributed by atoms with Gasteiger partial charge in [-0.15, -0.1) is 11.8 Å². The van der Waals surface area contributed by atoms with Gasteiger partial charge in [-0.3, -0.25) is 0 Å². The number of anilines is 1. The van der Waals surface area contributed by atoms with Crippen molar-refractivity contribution in [2.45, 2.75) is 18.7 Å². The molecule has 2 aromatic carbocycles. The predicted octanol–water partition coefficient (Wildman–Crippen LogP) is 4.90. The number of benzene rings is 2. The highest BCUT2D eigenvalue weighted by molar-refractivity contribution is 7.99. The summed E-state index contributed by atoms with van der Waals surface area (Å²) in [6, 6.07) is 13.5. The second-order valence-corrected chi connectivity index (χ2v) is 7.44. The Bertz CT molecular complexity index is 767. The summed E-state index contributed by atoms with van der Waals surface area (Å²) in [5, 5.41) is 7.05. The van der Waals surface area contributed by atoms with Crippen molar-refractivity contribution in [3.8, 4) is 0 Å². The minimum Gasteiger partial charge on any atom is -0.462 e. The Kier molecular flexibility index (Phi) is 8.22. The van der Waals surface area contributed by atoms with Crippen LogP contribution in [0.3, 0.4) is 0 Å². The van der Waals surface area contributed by atoms with E-state index in [0.717, 1.165) is 12.3 Å². The molecule has 0 fully saturated rings. The van der Waals surface area contributed by atoms with Gasteiger partial charge >= 0.3 is 5.97 Å². The molecule has 0 unspecified atom stereocenters. The van der Waals surface area contributed by atoms with Crippen molar-refractivity contribution in [1.82, 2.24) is 5.32 Å². The average molecular weight is 409 g/mol. The molecular weight excluding hydrogens is 388 g/mol. The zero-order valence-corrected chi connectivity index (χ0v) is 17.1. The number of ether oxygens (including phenoxy) is 1. The summed E-state index contributed by atoms with van der Waals surface area (Å²) >= 11 is 13.1. The zero-order valence-electron chi connectivity index (χ0n) is 14.7. The SMILES string of the molecule is CCOC(=O)c1cc(NC(=S)NCCSc2ccc(C)cc2)ccc1Cl. The molecule has 2 aromatic rings. The molecule has 0 spiro atoms. The number of thiocarbonyl (C=S) groups is 1. The summed E-state index contributed by atoms with van der Waals surface area (Å²) in [7, 11) is 0. The van der Waals surface area contributed by atoms with Crippen LogP contribution in [0, 0.1) is 6.92 Å². The largest absolute Gasteiger partial charge is 0.462 e. The van der Waals surface area contributed by atoms with Gasteiger partial charge in [-0.25, -0.2) is 4.79 Å². The maximum Gasteiger partial charge on any atom is 0.339 e. The lowest BCUT2D eigenvalue weighted by atomic mass is 10.2. The molecule has 0 heterocycles. The van der Waals surface area contributed by atoms with Gasteiger partial charge in [0.05, 0.1) is 17.2 Å². The van der Waals surface area contributed by atoms with E-state index in [1.807, 2.05) is 0 Å². The Hall–Kier alpha value is -1.76. The zero-order chi connectivity index (χ0) is 18.9. The predicted molar refractivity (Wildman–Crippen MR) is 114 cm³/mol. The Balaban J connectivity index is 1.81. The lowest BCUT2D eigenvalue weighted by molar-refractivity contribution is 0.0526. The molecule has 0 bridgehead atoms. The molecule has 0 radical (unpaired) electrons. The summed E-state index contributed by atoms with van der Waals surface area (Å²) in [5.41, 5.74) is 2.25. The lowest BCUT2D eigenvalue weighted by Gasteiger charge is -2.12. The number of rotatable bonds is 7. The van der Waals surface area contributed by atoms with Gasteiger partial charge in [-0.05, 0) is 56.4 Å². The number of carbonyl (C=O) groups excluding carboxylic acids is 1. The highest BCUT2D eigenvalue weighted by Gasteiger charge is 2.12. The van der Waals surface area contributed by atoms with Gasteiger partial charge in [0, 0.05) is 22.9 Å². The molecule has 2 rings (SSSR count). The van der Waals surface area contributed by atoms with E-state index in [1.165, 1.54) is 10.5 Å². The van der Waals surface area contributed by atoms with E-state index < -0.39 is 5.97 Å². The third-order valence-corrected chi connectivity index (χ3v) is 4.99. The van der Waals surface area contributed by atoms with Crippen LogP contribution in [0.4, 0.5) is 5.69 Å². The fraction of sp³-hybridized carbons (Fsp3) is 0.263. The molecule has 0 aliphatic rings. The van der Waals surface area contributed by atoms with E-state index in [4.69, 9.17) is 28.6 Å². The molecular formula is C19H21ClN2O2S2. The van der Waals surface area contributed by atoms with Crippen molar-refractivity contribution >= 4 is 52.3 Å². The van der Waals surface area contributed by atoms with E-state index in [9.17, 15) is 4.79 Å². The van der Waals surface area contributed by atoms with Crippen LogP contribution in [0.2, 0.25) is 5.02 Å². The van der Waals surface area contributed by atoms with Crippen molar-refractivity contribution in [2.75, 3.05) is 24.2 Å². The van der Waals surface area contributed by atoms with Crippen LogP contribution >= 0.6 is 35.6 Å². The van der Waals surface area contributed by atoms with Gasteiger partial charge in [-0.1, -0.05) is 29.3 Å². The fourth-order valence-electron chi connectivity index (χ4n) is 2.11. The first-order valence-electron chi connectivity index (χ1n) is 8.20. The number of halogens is 1. The van der Waals surface area contributed by atoms with Crippen molar-refractivity contribution < 1.29 is 9.53 Å². The number of hydrogen-bond donors (Lipinski definition) is 2. The molecule has 138 valence electrons. The number of aryl methyl sites for hydroxylation is 1. The van der Waals surface area contributed by atoms with Crippen molar-refractivity contribution in [3.63, 3.8) is 0 Å². The molecule has 7 heteroatoms. The quantitative estimate of drug-likeness (QED) is 0.294. The van der Waals surface area contributed by atoms with Gasteiger partial charge in [0.25, 0.3) is 0 Å². The topological polar surface area (TPSA) is 50.4 Å². The molecule has 0 atom stereocenters. The number of carbonyl (C=O) groups is 1. The highest BCUT2D eigenvalue weighted by Crippen LogP contribution is 2.21. The highest BCUT2D eigenvalue weighted by atomic mass is 35.5. The molecule has 26 heavy (non-hydrogen) atoms. The molecule has 0 saturated carbocycles. The van der Waals surface area contributed by atoms with Gasteiger partial charge in [0.1, 0.15) is 0 Å². The first kappa shape index (κ1) is 20.6. The summed E-state index contributed by atoms with van der Waals surface area (Å²) < 4.78 is 5.00. The number of thioether (sulfide) groups is 1. The van der Waals surface area contributed by atoms with Gasteiger partial charge in [0.2, 0.25) is 0 Å². The van der Waals surface area contributed by atoms with Gasteiger partial charge in [0.15, 0.2) is 5.11 Å². The van der Waals surface area contributed by atoms with Crippen LogP contribution in [0.25, 0.3) is 0 Å². The molecule has 2 N–H and O–H groups in total. The number of esters is 1. The fourth-order valence-corrected chi connectivity index (χ4v) is 3.29. The third-order valence-electron chi connectivity index (χ3n) is 3.40. The molecule has 0 amide bonds. The minimum atomic E-state index is -0.450. The summed E-state index contributed by atoms with van der Waals surface area (Å²) in [6.45, 7) is 4.85. The van der Waals surface area contributed by atoms with Crippen molar-refractivity contribution in [3.05, 3.63) is 58.6 Å². The van der Waals surface area contributed by atoms with Crippen LogP contribution in [-0.4, -0.2) is 30.0 Å². The Morgan fingerprint density at radius 1 is 1.23 bits per heavy atom. The second-order valence-electron chi connectivity index (χ2n) is 5.46. The molecule has 0 aliphatic heterocycles. The van der Waals surface area contributed by atoms with Crippen LogP contribution < -0.4 is 10.6 Å². The van der Waals surface area contributed by atoms with Gasteiger partial charge in [-0.2, -0.15) is 0 Å². The smallest absolute Gasteiger partial charge is 0.339 e. The maximum absolute atomic E-state index is 11.9. The Morgan fingerprint density at radius 2 is 1.96 bits per heavy atom. The van der Waals surface area contributed by atoms with E-state index in [-0.39, 0.29) is 0 Å². The summed E-state index contributed by atoms with van der Waals surface area (Å²) in [4.78, 5) is 13.1. The molecule has 0 saturated heterocycles. The molecule has 0 aliphatic carbocycles. The van der Waals surface area contributed by atoms with Crippen LogP contribution in [0.1, 0.15) is 22.8 Å². The average Bonchev–Trinajstić information content (AvgIpc) is 2.62. The van der Waals surface area contributed by atoms with E-state index in [0.29, 0.717) is 28.0 Å². The minimum absolute atomic E-state index is 0.297. The van der Waals surface area contributed by atoms with Gasteiger partial charge < -0.3 is 15.4 Å². The second kappa shape index (κ2) is 10.4. The Labute approximate surface area is 168 Å². The van der Waals surface area contributed by atoms with E-state index in [2.05, 4.69) is 41.8 Å². The number of nitrogens with one attached hydrogen (secondary N) is 2. The molecule has 4 nitrogen and oxygen atoms in total. The molecule has 0 aromatic heterocycles. The van der Waals surface area contributed by atoms with E-state index >= 15 is 0 Å². The first-order chi connectivity index (χ1) is 12.5. The standard InChI is InChI=1S/C19H21ClN2O2S2/c1-3-24-18(23)16-12-14(6-9-17(16)20)22-19(25)21-10-11-26-15-7-4-13(2)5-8-15/h4-9,12H,3,10-11H2,1-2H3,(H2,21,22,25). The van der Waals surface area contributed by atoms with Crippen molar-refractivity contribution in [1.29, 1.82) is 0 Å². The van der Waals surface area contributed by atoms with Crippen LogP contribution in [0.5, 0.6) is 0 Å². The number of hydrogen-bond acceptors (Lipinski definition) is 4. The lowest BCUT2D eigenvalue weighted by Crippen LogP contribution is -2.30. The van der Waals surface area contributed by atoms with E-state index in [1.54, 1.807) is 36.9 Å².